The van der Waals surface area contributed by atoms with E-state index in [1.807, 2.05) is 49.4 Å². The Kier molecular flexibility index (Phi) is 4.71. The third-order valence-corrected chi connectivity index (χ3v) is 6.48. The van der Waals surface area contributed by atoms with Crippen LogP contribution in [0.3, 0.4) is 0 Å². The quantitative estimate of drug-likeness (QED) is 0.362. The predicted octanol–water partition coefficient (Wildman–Crippen LogP) is 5.39. The molecule has 0 spiro atoms. The normalized spacial score (nSPS) is 12.3. The van der Waals surface area contributed by atoms with Crippen LogP contribution in [0.2, 0.25) is 0 Å². The fourth-order valence-corrected chi connectivity index (χ4v) is 4.85. The minimum atomic E-state index is -0.396. The molecule has 0 saturated carbocycles. The topological polar surface area (TPSA) is 52.0 Å². The third kappa shape index (κ3) is 3.25. The Morgan fingerprint density at radius 1 is 0.903 bits per heavy atom. The van der Waals surface area contributed by atoms with E-state index in [2.05, 4.69) is 0 Å². The highest BCUT2D eigenvalue weighted by Gasteiger charge is 2.21. The number of halogens is 1. The molecule has 0 N–H and O–H groups in total. The summed E-state index contributed by atoms with van der Waals surface area (Å²) in [6.45, 7) is 1.90. The molecule has 1 unspecified atom stereocenters. The van der Waals surface area contributed by atoms with Crippen LogP contribution in [0.4, 0.5) is 4.39 Å². The van der Waals surface area contributed by atoms with E-state index in [0.29, 0.717) is 21.6 Å². The minimum absolute atomic E-state index is 0.0809. The van der Waals surface area contributed by atoms with Crippen LogP contribution < -0.4 is 11.0 Å². The molecule has 1 atom stereocenters. The van der Waals surface area contributed by atoms with Crippen molar-refractivity contribution < 1.29 is 4.39 Å². The molecular formula is C25H17FN2O2S. The SMILES string of the molecule is CC(c1ccccc1)n1c(-c2ccc(F)cc2)nc2sc3ccccc3c(=O)c2c1=O. The molecular weight excluding hydrogens is 411 g/mol. The van der Waals surface area contributed by atoms with Crippen LogP contribution in [0.5, 0.6) is 0 Å². The molecule has 6 heteroatoms. The molecule has 31 heavy (non-hydrogen) atoms. The highest BCUT2D eigenvalue weighted by atomic mass is 32.1. The molecule has 0 amide bonds. The van der Waals surface area contributed by atoms with E-state index in [1.165, 1.54) is 28.0 Å². The van der Waals surface area contributed by atoms with Gasteiger partial charge in [0.1, 0.15) is 21.9 Å². The number of rotatable bonds is 3. The maximum Gasteiger partial charge on any atom is 0.267 e. The van der Waals surface area contributed by atoms with Crippen molar-refractivity contribution in [3.63, 3.8) is 0 Å². The molecule has 2 heterocycles. The molecule has 5 rings (SSSR count). The molecule has 4 nitrogen and oxygen atoms in total. The van der Waals surface area contributed by atoms with Crippen molar-refractivity contribution in [1.29, 1.82) is 0 Å². The number of hydrogen-bond acceptors (Lipinski definition) is 4. The van der Waals surface area contributed by atoms with Crippen molar-refractivity contribution in [2.45, 2.75) is 13.0 Å². The van der Waals surface area contributed by atoms with Gasteiger partial charge in [-0.1, -0.05) is 42.5 Å². The summed E-state index contributed by atoms with van der Waals surface area (Å²) >= 11 is 1.31. The van der Waals surface area contributed by atoms with Gasteiger partial charge in [-0.15, -0.1) is 11.3 Å². The standard InChI is InChI=1S/C25H17FN2O2S/c1-15(16-7-3-2-4-8-16)28-23(17-11-13-18(26)14-12-17)27-24-21(25(28)30)22(29)19-9-5-6-10-20(19)31-24/h2-15H,1H3. The molecule has 0 radical (unpaired) electrons. The van der Waals surface area contributed by atoms with Gasteiger partial charge >= 0.3 is 0 Å². The summed E-state index contributed by atoms with van der Waals surface area (Å²) in [7, 11) is 0. The van der Waals surface area contributed by atoms with Gasteiger partial charge in [-0.3, -0.25) is 14.2 Å². The molecule has 0 aliphatic rings. The van der Waals surface area contributed by atoms with E-state index >= 15 is 0 Å². The Balaban J connectivity index is 1.91. The number of benzene rings is 3. The van der Waals surface area contributed by atoms with Gasteiger partial charge in [-0.2, -0.15) is 0 Å². The van der Waals surface area contributed by atoms with E-state index in [-0.39, 0.29) is 22.7 Å². The van der Waals surface area contributed by atoms with Crippen LogP contribution >= 0.6 is 11.3 Å². The lowest BCUT2D eigenvalue weighted by Crippen LogP contribution is -2.30. The summed E-state index contributed by atoms with van der Waals surface area (Å²) in [6.07, 6.45) is 0. The Bertz CT molecular complexity index is 1540. The lowest BCUT2D eigenvalue weighted by molar-refractivity contribution is 0.615. The number of aromatic nitrogens is 2. The highest BCUT2D eigenvalue weighted by molar-refractivity contribution is 7.24. The van der Waals surface area contributed by atoms with E-state index in [0.717, 1.165) is 10.3 Å². The molecule has 2 aromatic heterocycles. The van der Waals surface area contributed by atoms with Gasteiger partial charge in [-0.25, -0.2) is 9.37 Å². The fourth-order valence-electron chi connectivity index (χ4n) is 3.81. The summed E-state index contributed by atoms with van der Waals surface area (Å²) in [4.78, 5) is 32.1. The smallest absolute Gasteiger partial charge is 0.267 e. The lowest BCUT2D eigenvalue weighted by Gasteiger charge is -2.20. The summed E-state index contributed by atoms with van der Waals surface area (Å²) < 4.78 is 15.9. The number of nitrogens with zero attached hydrogens (tertiary/aromatic N) is 2. The molecule has 0 fully saturated rings. The van der Waals surface area contributed by atoms with Crippen molar-refractivity contribution in [1.82, 2.24) is 9.55 Å². The van der Waals surface area contributed by atoms with E-state index < -0.39 is 5.56 Å². The predicted molar refractivity (Wildman–Crippen MR) is 123 cm³/mol. The fraction of sp³-hybridized carbons (Fsp3) is 0.0800. The molecule has 0 aliphatic carbocycles. The van der Waals surface area contributed by atoms with Crippen molar-refractivity contribution >= 4 is 31.6 Å². The summed E-state index contributed by atoms with van der Waals surface area (Å²) in [5, 5.41) is 0.588. The first-order valence-electron chi connectivity index (χ1n) is 9.83. The van der Waals surface area contributed by atoms with Gasteiger partial charge < -0.3 is 0 Å². The highest BCUT2D eigenvalue weighted by Crippen LogP contribution is 2.28. The second-order valence-corrected chi connectivity index (χ2v) is 8.34. The van der Waals surface area contributed by atoms with Crippen molar-refractivity contribution in [3.8, 4) is 11.4 Å². The summed E-state index contributed by atoms with van der Waals surface area (Å²) in [5.74, 6) is 0.0324. The number of hydrogen-bond donors (Lipinski definition) is 0. The van der Waals surface area contributed by atoms with E-state index in [9.17, 15) is 14.0 Å². The van der Waals surface area contributed by atoms with Crippen LogP contribution in [0, 0.1) is 5.82 Å². The monoisotopic (exact) mass is 428 g/mol. The Morgan fingerprint density at radius 3 is 2.32 bits per heavy atom. The molecule has 3 aromatic carbocycles. The van der Waals surface area contributed by atoms with Crippen LogP contribution in [0.1, 0.15) is 18.5 Å². The first kappa shape index (κ1) is 19.3. The van der Waals surface area contributed by atoms with Gasteiger partial charge in [0, 0.05) is 15.6 Å². The zero-order valence-corrected chi connectivity index (χ0v) is 17.4. The van der Waals surface area contributed by atoms with E-state index in [4.69, 9.17) is 4.98 Å². The largest absolute Gasteiger partial charge is 0.288 e. The average Bonchev–Trinajstić information content (AvgIpc) is 2.79. The van der Waals surface area contributed by atoms with Gasteiger partial charge in [0.2, 0.25) is 5.43 Å². The summed E-state index contributed by atoms with van der Waals surface area (Å²) in [5.41, 5.74) is 0.802. The number of fused-ring (bicyclic) bond motifs is 2. The maximum atomic E-state index is 13.7. The van der Waals surface area contributed by atoms with Gasteiger partial charge in [-0.05, 0) is 48.9 Å². The molecule has 152 valence electrons. The Morgan fingerprint density at radius 2 is 1.58 bits per heavy atom. The van der Waals surface area contributed by atoms with Crippen LogP contribution in [-0.4, -0.2) is 9.55 Å². The van der Waals surface area contributed by atoms with Crippen molar-refractivity contribution in [3.05, 3.63) is 111 Å². The zero-order chi connectivity index (χ0) is 21.5. The second kappa shape index (κ2) is 7.56. The minimum Gasteiger partial charge on any atom is -0.288 e. The maximum absolute atomic E-state index is 13.7. The van der Waals surface area contributed by atoms with Crippen LogP contribution in [-0.2, 0) is 0 Å². The first-order valence-corrected chi connectivity index (χ1v) is 10.7. The molecule has 5 aromatic rings. The van der Waals surface area contributed by atoms with Crippen molar-refractivity contribution in [2.24, 2.45) is 0 Å². The average molecular weight is 428 g/mol. The van der Waals surface area contributed by atoms with Crippen LogP contribution in [0.25, 0.3) is 31.7 Å². The second-order valence-electron chi connectivity index (χ2n) is 7.31. The third-order valence-electron chi connectivity index (χ3n) is 5.42. The Hall–Kier alpha value is -3.64. The lowest BCUT2D eigenvalue weighted by atomic mass is 10.1. The van der Waals surface area contributed by atoms with E-state index in [1.54, 1.807) is 24.3 Å². The molecule has 0 saturated heterocycles. The first-order chi connectivity index (χ1) is 15.0. The van der Waals surface area contributed by atoms with Crippen LogP contribution in [0.15, 0.2) is 88.5 Å². The Labute approximate surface area is 180 Å². The van der Waals surface area contributed by atoms with Crippen molar-refractivity contribution in [2.75, 3.05) is 0 Å². The van der Waals surface area contributed by atoms with Gasteiger partial charge in [0.25, 0.3) is 5.56 Å². The molecule has 0 aliphatic heterocycles. The van der Waals surface area contributed by atoms with Gasteiger partial charge in [0.05, 0.1) is 6.04 Å². The molecule has 0 bridgehead atoms. The zero-order valence-electron chi connectivity index (χ0n) is 16.6. The summed E-state index contributed by atoms with van der Waals surface area (Å²) in [6, 6.07) is 22.3. The van der Waals surface area contributed by atoms with Gasteiger partial charge in [0.15, 0.2) is 0 Å².